The van der Waals surface area contributed by atoms with Crippen molar-refractivity contribution >= 4 is 0 Å². The maximum Gasteiger partial charge on any atom is 0.123 e. The molecule has 0 unspecified atom stereocenters. The zero-order valence-electron chi connectivity index (χ0n) is 17.4. The van der Waals surface area contributed by atoms with Crippen molar-refractivity contribution in [2.75, 3.05) is 0 Å². The number of benzene rings is 3. The first kappa shape index (κ1) is 21.1. The van der Waals surface area contributed by atoms with Crippen molar-refractivity contribution in [3.05, 3.63) is 89.0 Å². The molecule has 3 rings (SSSR count). The zero-order valence-corrected chi connectivity index (χ0v) is 17.4. The first-order valence-corrected chi connectivity index (χ1v) is 10.2. The largest absolute Gasteiger partial charge is 0.489 e. The molecule has 0 saturated carbocycles. The topological polar surface area (TPSA) is 49.7 Å². The monoisotopic (exact) mass is 389 g/mol. The van der Waals surface area contributed by atoms with Gasteiger partial charge in [0.2, 0.25) is 0 Å². The SMILES string of the molecule is CCC(O)(CC)c1ccc(-c2cccc(OCc3cc[c]c(CO)c3)c2C)cc1. The van der Waals surface area contributed by atoms with Gasteiger partial charge in [-0.25, -0.2) is 0 Å². The van der Waals surface area contributed by atoms with Gasteiger partial charge in [-0.1, -0.05) is 62.4 Å². The molecule has 3 aromatic rings. The van der Waals surface area contributed by atoms with Crippen molar-refractivity contribution in [3.63, 3.8) is 0 Å². The average Bonchev–Trinajstić information content (AvgIpc) is 2.78. The second-order valence-corrected chi connectivity index (χ2v) is 7.41. The van der Waals surface area contributed by atoms with Crippen molar-refractivity contribution in [3.8, 4) is 16.9 Å². The van der Waals surface area contributed by atoms with Crippen LogP contribution in [0.1, 0.15) is 48.9 Å². The van der Waals surface area contributed by atoms with E-state index in [0.717, 1.165) is 39.1 Å². The fourth-order valence-electron chi connectivity index (χ4n) is 3.61. The molecule has 29 heavy (non-hydrogen) atoms. The van der Waals surface area contributed by atoms with Gasteiger partial charge in [0, 0.05) is 0 Å². The van der Waals surface area contributed by atoms with Crippen LogP contribution in [0.15, 0.2) is 60.7 Å². The summed E-state index contributed by atoms with van der Waals surface area (Å²) in [6, 6.07) is 22.9. The molecule has 0 spiro atoms. The summed E-state index contributed by atoms with van der Waals surface area (Å²) in [5.74, 6) is 0.837. The summed E-state index contributed by atoms with van der Waals surface area (Å²) in [4.78, 5) is 0. The van der Waals surface area contributed by atoms with Gasteiger partial charge in [-0.15, -0.1) is 0 Å². The molecule has 2 N–H and O–H groups in total. The number of aliphatic hydroxyl groups excluding tert-OH is 1. The molecule has 0 fully saturated rings. The third kappa shape index (κ3) is 4.69. The number of aliphatic hydroxyl groups is 2. The van der Waals surface area contributed by atoms with Crippen LogP contribution in [0, 0.1) is 13.0 Å². The fraction of sp³-hybridized carbons (Fsp3) is 0.308. The lowest BCUT2D eigenvalue weighted by atomic mass is 9.87. The molecular weight excluding hydrogens is 360 g/mol. The Kier molecular flexibility index (Phi) is 6.73. The van der Waals surface area contributed by atoms with Crippen molar-refractivity contribution in [1.29, 1.82) is 0 Å². The fourth-order valence-corrected chi connectivity index (χ4v) is 3.61. The van der Waals surface area contributed by atoms with E-state index in [0.29, 0.717) is 19.4 Å². The maximum absolute atomic E-state index is 10.7. The highest BCUT2D eigenvalue weighted by Crippen LogP contribution is 2.33. The van der Waals surface area contributed by atoms with Crippen molar-refractivity contribution in [1.82, 2.24) is 0 Å². The van der Waals surface area contributed by atoms with Gasteiger partial charge < -0.3 is 14.9 Å². The van der Waals surface area contributed by atoms with E-state index in [9.17, 15) is 10.2 Å². The predicted octanol–water partition coefficient (Wildman–Crippen LogP) is 5.54. The van der Waals surface area contributed by atoms with Crippen LogP contribution in [0.2, 0.25) is 0 Å². The van der Waals surface area contributed by atoms with Gasteiger partial charge in [0.05, 0.1) is 12.2 Å². The summed E-state index contributed by atoms with van der Waals surface area (Å²) in [7, 11) is 0. The highest BCUT2D eigenvalue weighted by atomic mass is 16.5. The Morgan fingerprint density at radius 1 is 1.00 bits per heavy atom. The van der Waals surface area contributed by atoms with Gasteiger partial charge in [0.15, 0.2) is 0 Å². The summed E-state index contributed by atoms with van der Waals surface area (Å²) in [6.07, 6.45) is 1.39. The third-order valence-electron chi connectivity index (χ3n) is 5.68. The van der Waals surface area contributed by atoms with Crippen LogP contribution in [0.25, 0.3) is 11.1 Å². The predicted molar refractivity (Wildman–Crippen MR) is 117 cm³/mol. The third-order valence-corrected chi connectivity index (χ3v) is 5.68. The van der Waals surface area contributed by atoms with E-state index in [1.807, 2.05) is 56.3 Å². The number of hydrogen-bond donors (Lipinski definition) is 2. The molecule has 0 aromatic heterocycles. The molecule has 0 bridgehead atoms. The van der Waals surface area contributed by atoms with E-state index in [4.69, 9.17) is 4.74 Å². The average molecular weight is 390 g/mol. The number of rotatable bonds is 8. The number of hydrogen-bond acceptors (Lipinski definition) is 3. The molecule has 3 nitrogen and oxygen atoms in total. The number of ether oxygens (including phenoxy) is 1. The molecule has 3 heteroatoms. The molecule has 0 heterocycles. The van der Waals surface area contributed by atoms with Crippen molar-refractivity contribution < 1.29 is 14.9 Å². The van der Waals surface area contributed by atoms with Crippen LogP contribution in [0.5, 0.6) is 5.75 Å². The van der Waals surface area contributed by atoms with Crippen molar-refractivity contribution in [2.45, 2.75) is 52.4 Å². The van der Waals surface area contributed by atoms with Gasteiger partial charge in [0.25, 0.3) is 0 Å². The normalized spacial score (nSPS) is 11.5. The van der Waals surface area contributed by atoms with Crippen LogP contribution < -0.4 is 4.74 Å². The summed E-state index contributed by atoms with van der Waals surface area (Å²) in [5, 5.41) is 20.0. The van der Waals surface area contributed by atoms with Gasteiger partial charge in [0.1, 0.15) is 12.4 Å². The van der Waals surface area contributed by atoms with Gasteiger partial charge >= 0.3 is 0 Å². The minimum absolute atomic E-state index is 0.0243. The van der Waals surface area contributed by atoms with E-state index in [2.05, 4.69) is 31.2 Å². The standard InChI is InChI=1S/C26H29O3/c1-4-26(28,5-2)23-14-12-22(13-15-23)24-10-7-11-25(19(24)3)29-18-21-9-6-8-20(16-21)17-27/h6-7,9-16,27-28H,4-5,17-18H2,1-3H3. The van der Waals surface area contributed by atoms with Crippen LogP contribution in [0.3, 0.4) is 0 Å². The molecular formula is C26H29O3. The van der Waals surface area contributed by atoms with Crippen molar-refractivity contribution in [2.24, 2.45) is 0 Å². The first-order valence-electron chi connectivity index (χ1n) is 10.2. The molecule has 1 radical (unpaired) electrons. The lowest BCUT2D eigenvalue weighted by Gasteiger charge is -2.26. The Balaban J connectivity index is 1.81. The molecule has 0 aliphatic rings. The maximum atomic E-state index is 10.7. The van der Waals surface area contributed by atoms with Crippen LogP contribution in [-0.2, 0) is 18.8 Å². The van der Waals surface area contributed by atoms with E-state index >= 15 is 0 Å². The Bertz CT molecular complexity index is 940. The summed E-state index contributed by atoms with van der Waals surface area (Å²) < 4.78 is 6.06. The lowest BCUT2D eigenvalue weighted by molar-refractivity contribution is 0.0284. The van der Waals surface area contributed by atoms with Crippen LogP contribution in [-0.4, -0.2) is 10.2 Å². The summed E-state index contributed by atoms with van der Waals surface area (Å²) in [5.41, 5.74) is 5.24. The summed E-state index contributed by atoms with van der Waals surface area (Å²) >= 11 is 0. The highest BCUT2D eigenvalue weighted by molar-refractivity contribution is 5.70. The van der Waals surface area contributed by atoms with E-state index in [1.165, 1.54) is 0 Å². The molecule has 0 amide bonds. The zero-order chi connectivity index (χ0) is 20.9. The molecule has 3 aromatic carbocycles. The molecule has 0 saturated heterocycles. The second kappa shape index (κ2) is 9.25. The molecule has 0 aliphatic carbocycles. The van der Waals surface area contributed by atoms with E-state index in [-0.39, 0.29) is 6.61 Å². The summed E-state index contributed by atoms with van der Waals surface area (Å²) in [6.45, 7) is 6.49. The Labute approximate surface area is 173 Å². The molecule has 0 atom stereocenters. The van der Waals surface area contributed by atoms with Crippen LogP contribution in [0.4, 0.5) is 0 Å². The molecule has 0 aliphatic heterocycles. The molecule has 151 valence electrons. The first-order chi connectivity index (χ1) is 14.0. The minimum atomic E-state index is -0.765. The van der Waals surface area contributed by atoms with Crippen LogP contribution >= 0.6 is 0 Å². The van der Waals surface area contributed by atoms with Gasteiger partial charge in [-0.05, 0) is 71.3 Å². The smallest absolute Gasteiger partial charge is 0.123 e. The quantitative estimate of drug-likeness (QED) is 0.532. The highest BCUT2D eigenvalue weighted by Gasteiger charge is 2.24. The second-order valence-electron chi connectivity index (χ2n) is 7.41. The Morgan fingerprint density at radius 3 is 2.38 bits per heavy atom. The van der Waals surface area contributed by atoms with E-state index < -0.39 is 5.60 Å². The Morgan fingerprint density at radius 2 is 1.72 bits per heavy atom. The van der Waals surface area contributed by atoms with E-state index in [1.54, 1.807) is 0 Å². The van der Waals surface area contributed by atoms with Gasteiger partial charge in [-0.3, -0.25) is 0 Å². The lowest BCUT2D eigenvalue weighted by Crippen LogP contribution is -2.23. The Hall–Kier alpha value is -2.62. The van der Waals surface area contributed by atoms with Gasteiger partial charge in [-0.2, -0.15) is 0 Å². The minimum Gasteiger partial charge on any atom is -0.489 e.